The van der Waals surface area contributed by atoms with Gasteiger partial charge in [0.1, 0.15) is 0 Å². The average Bonchev–Trinajstić information content (AvgIpc) is 2.45. The molecule has 0 saturated heterocycles. The van der Waals surface area contributed by atoms with E-state index in [1.165, 1.54) is 6.07 Å². The predicted molar refractivity (Wildman–Crippen MR) is 82.6 cm³/mol. The highest BCUT2D eigenvalue weighted by Crippen LogP contribution is 2.28. The van der Waals surface area contributed by atoms with E-state index >= 15 is 0 Å². The Balaban J connectivity index is 2.49. The lowest BCUT2D eigenvalue weighted by Gasteiger charge is -2.16. The Hall–Kier alpha value is -1.72. The van der Waals surface area contributed by atoms with E-state index in [4.69, 9.17) is 5.73 Å². The van der Waals surface area contributed by atoms with Crippen molar-refractivity contribution in [1.29, 1.82) is 0 Å². The molecule has 2 aromatic carbocycles. The zero-order valence-electron chi connectivity index (χ0n) is 11.0. The Morgan fingerprint density at radius 2 is 2.05 bits per heavy atom. The first-order chi connectivity index (χ1) is 9.52. The van der Waals surface area contributed by atoms with E-state index in [9.17, 15) is 10.1 Å². The molecule has 0 aliphatic heterocycles. The van der Waals surface area contributed by atoms with E-state index in [1.807, 2.05) is 31.2 Å². The molecule has 2 N–H and O–H groups in total. The minimum Gasteiger partial charge on any atom is -0.320 e. The summed E-state index contributed by atoms with van der Waals surface area (Å²) in [4.78, 5) is 10.5. The summed E-state index contributed by atoms with van der Waals surface area (Å²) in [6.45, 7) is 2.01. The summed E-state index contributed by atoms with van der Waals surface area (Å²) >= 11 is 3.41. The molecule has 0 fully saturated rings. The van der Waals surface area contributed by atoms with E-state index in [1.54, 1.807) is 12.1 Å². The van der Waals surface area contributed by atoms with Gasteiger partial charge in [-0.25, -0.2) is 0 Å². The number of halogens is 1. The highest BCUT2D eigenvalue weighted by atomic mass is 79.9. The zero-order chi connectivity index (χ0) is 14.7. The number of hydrogen-bond acceptors (Lipinski definition) is 3. The van der Waals surface area contributed by atoms with Gasteiger partial charge in [0, 0.05) is 16.6 Å². The molecule has 20 heavy (non-hydrogen) atoms. The highest BCUT2D eigenvalue weighted by Gasteiger charge is 2.17. The molecular formula is C15H15BrN2O2. The lowest BCUT2D eigenvalue weighted by Crippen LogP contribution is -2.14. The van der Waals surface area contributed by atoms with Gasteiger partial charge in [0.15, 0.2) is 0 Å². The second kappa shape index (κ2) is 6.15. The second-order valence-electron chi connectivity index (χ2n) is 4.53. The monoisotopic (exact) mass is 334 g/mol. The van der Waals surface area contributed by atoms with Crippen LogP contribution >= 0.6 is 15.9 Å². The largest absolute Gasteiger partial charge is 0.320 e. The quantitative estimate of drug-likeness (QED) is 0.679. The number of rotatable bonds is 4. The van der Waals surface area contributed by atoms with Gasteiger partial charge in [0.2, 0.25) is 0 Å². The van der Waals surface area contributed by atoms with Gasteiger partial charge in [-0.2, -0.15) is 0 Å². The van der Waals surface area contributed by atoms with Crippen molar-refractivity contribution in [2.24, 2.45) is 5.73 Å². The summed E-state index contributed by atoms with van der Waals surface area (Å²) in [6, 6.07) is 12.2. The van der Waals surface area contributed by atoms with Crippen molar-refractivity contribution < 1.29 is 4.92 Å². The molecule has 0 spiro atoms. The molecule has 2 aromatic rings. The summed E-state index contributed by atoms with van der Waals surface area (Å²) < 4.78 is 0.939. The van der Waals surface area contributed by atoms with E-state index in [0.29, 0.717) is 0 Å². The van der Waals surface area contributed by atoms with Crippen molar-refractivity contribution in [3.63, 3.8) is 0 Å². The number of hydrogen-bond donors (Lipinski definition) is 1. The van der Waals surface area contributed by atoms with E-state index < -0.39 is 4.92 Å². The number of nitrogens with two attached hydrogens (primary N) is 1. The van der Waals surface area contributed by atoms with Crippen LogP contribution in [0.5, 0.6) is 0 Å². The van der Waals surface area contributed by atoms with Crippen molar-refractivity contribution in [3.8, 4) is 0 Å². The van der Waals surface area contributed by atoms with Gasteiger partial charge in [-0.05, 0) is 35.2 Å². The van der Waals surface area contributed by atoms with Crippen LogP contribution in [-0.4, -0.2) is 4.92 Å². The number of non-ortho nitro benzene ring substituents is 1. The third-order valence-corrected chi connectivity index (χ3v) is 3.76. The van der Waals surface area contributed by atoms with Gasteiger partial charge < -0.3 is 5.73 Å². The summed E-state index contributed by atoms with van der Waals surface area (Å²) in [5.41, 5.74) is 9.12. The molecule has 0 aliphatic rings. The van der Waals surface area contributed by atoms with Crippen LogP contribution in [0, 0.1) is 10.1 Å². The van der Waals surface area contributed by atoms with Gasteiger partial charge in [-0.15, -0.1) is 0 Å². The molecule has 2 rings (SSSR count). The fourth-order valence-electron chi connectivity index (χ4n) is 2.19. The molecule has 0 amide bonds. The molecule has 4 nitrogen and oxygen atoms in total. The molecule has 0 heterocycles. The Bertz CT molecular complexity index is 644. The van der Waals surface area contributed by atoms with Crippen LogP contribution < -0.4 is 5.73 Å². The van der Waals surface area contributed by atoms with Crippen LogP contribution in [-0.2, 0) is 6.42 Å². The normalized spacial score (nSPS) is 12.2. The van der Waals surface area contributed by atoms with Crippen LogP contribution in [0.15, 0.2) is 46.9 Å². The standard InChI is InChI=1S/C15H15BrN2O2/c1-2-10-6-7-13(18(19)20)9-14(10)15(17)11-4-3-5-12(16)8-11/h3-9,15H,2,17H2,1H3. The van der Waals surface area contributed by atoms with E-state index in [0.717, 1.165) is 27.6 Å². The van der Waals surface area contributed by atoms with Gasteiger partial charge >= 0.3 is 0 Å². The number of nitro groups is 1. The Kier molecular flexibility index (Phi) is 4.52. The number of nitrogens with zero attached hydrogens (tertiary/aromatic N) is 1. The molecule has 0 saturated carbocycles. The molecule has 0 bridgehead atoms. The smallest absolute Gasteiger partial charge is 0.269 e. The minimum atomic E-state index is -0.392. The van der Waals surface area contributed by atoms with Crippen molar-refractivity contribution in [2.75, 3.05) is 0 Å². The SMILES string of the molecule is CCc1ccc([N+](=O)[O-])cc1C(N)c1cccc(Br)c1. The van der Waals surface area contributed by atoms with Gasteiger partial charge in [-0.1, -0.05) is 41.1 Å². The predicted octanol–water partition coefficient (Wildman–Crippen LogP) is 3.97. The fourth-order valence-corrected chi connectivity index (χ4v) is 2.60. The minimum absolute atomic E-state index is 0.0719. The van der Waals surface area contributed by atoms with Crippen molar-refractivity contribution in [3.05, 3.63) is 73.7 Å². The zero-order valence-corrected chi connectivity index (χ0v) is 12.6. The molecule has 104 valence electrons. The van der Waals surface area contributed by atoms with Crippen LogP contribution in [0.4, 0.5) is 5.69 Å². The first-order valence-corrected chi connectivity index (χ1v) is 7.10. The van der Waals surface area contributed by atoms with E-state index in [2.05, 4.69) is 15.9 Å². The van der Waals surface area contributed by atoms with Gasteiger partial charge in [0.05, 0.1) is 11.0 Å². The van der Waals surface area contributed by atoms with Crippen molar-refractivity contribution >= 4 is 21.6 Å². The molecular weight excluding hydrogens is 320 g/mol. The van der Waals surface area contributed by atoms with Crippen LogP contribution in [0.2, 0.25) is 0 Å². The number of benzene rings is 2. The maximum atomic E-state index is 10.9. The Morgan fingerprint density at radius 3 is 2.65 bits per heavy atom. The number of nitro benzene ring substituents is 1. The summed E-state index contributed by atoms with van der Waals surface area (Å²) in [5, 5.41) is 10.9. The first-order valence-electron chi connectivity index (χ1n) is 6.31. The molecule has 0 aromatic heterocycles. The van der Waals surface area contributed by atoms with Crippen molar-refractivity contribution in [1.82, 2.24) is 0 Å². The van der Waals surface area contributed by atoms with E-state index in [-0.39, 0.29) is 11.7 Å². The Labute approximate surface area is 125 Å². The molecule has 0 aliphatic carbocycles. The topological polar surface area (TPSA) is 69.2 Å². The average molecular weight is 335 g/mol. The Morgan fingerprint density at radius 1 is 1.30 bits per heavy atom. The van der Waals surface area contributed by atoms with Crippen LogP contribution in [0.1, 0.15) is 29.7 Å². The summed E-state index contributed by atoms with van der Waals surface area (Å²) in [6.07, 6.45) is 0.787. The van der Waals surface area contributed by atoms with Crippen LogP contribution in [0.3, 0.4) is 0 Å². The summed E-state index contributed by atoms with van der Waals surface area (Å²) in [7, 11) is 0. The maximum Gasteiger partial charge on any atom is 0.269 e. The lowest BCUT2D eigenvalue weighted by molar-refractivity contribution is -0.384. The van der Waals surface area contributed by atoms with Gasteiger partial charge in [0.25, 0.3) is 5.69 Å². The third-order valence-electron chi connectivity index (χ3n) is 3.26. The molecule has 1 atom stereocenters. The fraction of sp³-hybridized carbons (Fsp3) is 0.200. The summed E-state index contributed by atoms with van der Waals surface area (Å²) in [5.74, 6) is 0. The maximum absolute atomic E-state index is 10.9. The second-order valence-corrected chi connectivity index (χ2v) is 5.44. The third kappa shape index (κ3) is 3.05. The molecule has 5 heteroatoms. The molecule has 1 unspecified atom stereocenters. The highest BCUT2D eigenvalue weighted by molar-refractivity contribution is 9.10. The van der Waals surface area contributed by atoms with Crippen molar-refractivity contribution in [2.45, 2.75) is 19.4 Å². The van der Waals surface area contributed by atoms with Crippen LogP contribution in [0.25, 0.3) is 0 Å². The lowest BCUT2D eigenvalue weighted by atomic mass is 9.93. The molecule has 0 radical (unpaired) electrons. The van der Waals surface area contributed by atoms with Gasteiger partial charge in [-0.3, -0.25) is 10.1 Å². The first kappa shape index (κ1) is 14.7. The number of aryl methyl sites for hydroxylation is 1.